The minimum Gasteiger partial charge on any atom is -0.463 e. The van der Waals surface area contributed by atoms with E-state index in [9.17, 15) is 4.79 Å². The summed E-state index contributed by atoms with van der Waals surface area (Å²) < 4.78 is 5.32. The number of carbonyl (C=O) groups is 1. The molecule has 0 atom stereocenters. The smallest absolute Gasteiger partial charge is 0.258 e. The van der Waals surface area contributed by atoms with Crippen molar-refractivity contribution in [3.63, 3.8) is 0 Å². The van der Waals surface area contributed by atoms with Crippen LogP contribution in [0, 0.1) is 6.92 Å². The molecule has 1 amide bonds. The predicted octanol–water partition coefficient (Wildman–Crippen LogP) is 3.75. The molecule has 23 heavy (non-hydrogen) atoms. The molecule has 3 rings (SSSR count). The molecule has 2 N–H and O–H groups in total. The number of carbonyl (C=O) groups excluding carboxylic acids is 1. The van der Waals surface area contributed by atoms with E-state index in [1.807, 2.05) is 12.1 Å². The average molecular weight is 310 g/mol. The Balaban J connectivity index is 1.79. The van der Waals surface area contributed by atoms with Gasteiger partial charge in [0.15, 0.2) is 11.6 Å². The zero-order valence-electron chi connectivity index (χ0n) is 13.3. The fourth-order valence-corrected chi connectivity index (χ4v) is 2.24. The zero-order chi connectivity index (χ0) is 16.4. The van der Waals surface area contributed by atoms with Gasteiger partial charge in [0.2, 0.25) is 0 Å². The van der Waals surface area contributed by atoms with E-state index in [2.05, 4.69) is 34.3 Å². The van der Waals surface area contributed by atoms with E-state index in [4.69, 9.17) is 4.42 Å². The van der Waals surface area contributed by atoms with Crippen molar-refractivity contribution < 1.29 is 9.21 Å². The van der Waals surface area contributed by atoms with Crippen LogP contribution in [0.5, 0.6) is 0 Å². The van der Waals surface area contributed by atoms with Crippen molar-refractivity contribution in [1.29, 1.82) is 0 Å². The van der Waals surface area contributed by atoms with Crippen molar-refractivity contribution >= 4 is 11.7 Å². The molecule has 118 valence electrons. The monoisotopic (exact) mass is 310 g/mol. The lowest BCUT2D eigenvalue weighted by molar-refractivity contribution is 0.102. The van der Waals surface area contributed by atoms with E-state index in [0.29, 0.717) is 34.4 Å². The number of aryl methyl sites for hydroxylation is 1. The topological polar surface area (TPSA) is 83.8 Å². The number of hydrogen-bond donors (Lipinski definition) is 2. The van der Waals surface area contributed by atoms with Gasteiger partial charge >= 0.3 is 0 Å². The number of amides is 1. The van der Waals surface area contributed by atoms with E-state index >= 15 is 0 Å². The molecule has 0 spiro atoms. The summed E-state index contributed by atoms with van der Waals surface area (Å²) >= 11 is 0. The predicted molar refractivity (Wildman–Crippen MR) is 87.3 cm³/mol. The molecule has 0 aliphatic rings. The number of aromatic amines is 1. The van der Waals surface area contributed by atoms with Crippen LogP contribution in [-0.2, 0) is 0 Å². The zero-order valence-corrected chi connectivity index (χ0v) is 13.3. The first-order valence-electron chi connectivity index (χ1n) is 7.43. The second kappa shape index (κ2) is 6.08. The Morgan fingerprint density at radius 3 is 2.74 bits per heavy atom. The number of anilines is 1. The summed E-state index contributed by atoms with van der Waals surface area (Å²) in [6.45, 7) is 5.91. The van der Waals surface area contributed by atoms with Crippen LogP contribution in [0.4, 0.5) is 5.82 Å². The molecule has 0 saturated carbocycles. The number of pyridine rings is 1. The minimum absolute atomic E-state index is 0.234. The van der Waals surface area contributed by atoms with Crippen molar-refractivity contribution in [2.45, 2.75) is 26.7 Å². The number of nitrogens with zero attached hydrogens (tertiary/aromatic N) is 2. The Bertz CT molecular complexity index is 819. The van der Waals surface area contributed by atoms with E-state index in [1.165, 1.54) is 0 Å². The molecule has 0 radical (unpaired) electrons. The molecule has 0 saturated heterocycles. The SMILES string of the molecule is Cc1nc(-c2ccco2)ccc1C(=O)Nc1cc(C(C)C)[nH]n1. The summed E-state index contributed by atoms with van der Waals surface area (Å²) in [5.74, 6) is 1.27. The van der Waals surface area contributed by atoms with Gasteiger partial charge in [-0.15, -0.1) is 0 Å². The summed E-state index contributed by atoms with van der Waals surface area (Å²) in [6, 6.07) is 8.98. The maximum Gasteiger partial charge on any atom is 0.258 e. The largest absolute Gasteiger partial charge is 0.463 e. The standard InChI is InChI=1S/C17H18N4O2/c1-10(2)14-9-16(21-20-14)19-17(22)12-6-7-13(18-11(12)3)15-5-4-8-23-15/h4-10H,1-3H3,(H2,19,20,21,22). The van der Waals surface area contributed by atoms with Crippen LogP contribution in [0.25, 0.3) is 11.5 Å². The first-order chi connectivity index (χ1) is 11.0. The highest BCUT2D eigenvalue weighted by atomic mass is 16.3. The van der Waals surface area contributed by atoms with Crippen LogP contribution in [0.1, 0.15) is 41.5 Å². The Morgan fingerprint density at radius 1 is 1.30 bits per heavy atom. The second-order valence-corrected chi connectivity index (χ2v) is 5.62. The van der Waals surface area contributed by atoms with Crippen molar-refractivity contribution in [1.82, 2.24) is 15.2 Å². The highest BCUT2D eigenvalue weighted by Gasteiger charge is 2.14. The van der Waals surface area contributed by atoms with E-state index in [0.717, 1.165) is 5.69 Å². The van der Waals surface area contributed by atoms with Gasteiger partial charge in [-0.05, 0) is 37.1 Å². The fourth-order valence-electron chi connectivity index (χ4n) is 2.24. The Kier molecular flexibility index (Phi) is 3.97. The van der Waals surface area contributed by atoms with Crippen LogP contribution in [0.3, 0.4) is 0 Å². The quantitative estimate of drug-likeness (QED) is 0.768. The van der Waals surface area contributed by atoms with Gasteiger partial charge in [-0.2, -0.15) is 5.10 Å². The third-order valence-electron chi connectivity index (χ3n) is 3.57. The Hall–Kier alpha value is -2.89. The first kappa shape index (κ1) is 15.0. The maximum absolute atomic E-state index is 12.4. The van der Waals surface area contributed by atoms with Crippen LogP contribution < -0.4 is 5.32 Å². The normalized spacial score (nSPS) is 11.0. The Morgan fingerprint density at radius 2 is 2.13 bits per heavy atom. The van der Waals surface area contributed by atoms with Gasteiger partial charge in [0.05, 0.1) is 17.5 Å². The van der Waals surface area contributed by atoms with E-state index in [1.54, 1.807) is 31.4 Å². The minimum atomic E-state index is -0.234. The number of furan rings is 1. The molecule has 6 heteroatoms. The van der Waals surface area contributed by atoms with Gasteiger partial charge in [0.1, 0.15) is 5.69 Å². The number of nitrogens with one attached hydrogen (secondary N) is 2. The van der Waals surface area contributed by atoms with Gasteiger partial charge in [-0.3, -0.25) is 9.89 Å². The summed E-state index contributed by atoms with van der Waals surface area (Å²) in [4.78, 5) is 16.8. The number of rotatable bonds is 4. The van der Waals surface area contributed by atoms with Crippen LogP contribution in [-0.4, -0.2) is 21.1 Å². The molecule has 3 aromatic rings. The van der Waals surface area contributed by atoms with Crippen LogP contribution in [0.15, 0.2) is 41.0 Å². The average Bonchev–Trinajstić information content (AvgIpc) is 3.18. The lowest BCUT2D eigenvalue weighted by Crippen LogP contribution is -2.14. The van der Waals surface area contributed by atoms with Gasteiger partial charge in [0.25, 0.3) is 5.91 Å². The number of aromatic nitrogens is 3. The fraction of sp³-hybridized carbons (Fsp3) is 0.235. The highest BCUT2D eigenvalue weighted by molar-refractivity contribution is 6.04. The second-order valence-electron chi connectivity index (χ2n) is 5.62. The molecular formula is C17H18N4O2. The molecule has 6 nitrogen and oxygen atoms in total. The molecule has 3 aromatic heterocycles. The summed E-state index contributed by atoms with van der Waals surface area (Å²) in [5, 5.41) is 9.79. The lowest BCUT2D eigenvalue weighted by Gasteiger charge is -2.06. The van der Waals surface area contributed by atoms with Crippen molar-refractivity contribution in [2.24, 2.45) is 0 Å². The molecule has 0 aliphatic carbocycles. The van der Waals surface area contributed by atoms with Crippen molar-refractivity contribution in [2.75, 3.05) is 5.32 Å². The van der Waals surface area contributed by atoms with Gasteiger partial charge in [-0.25, -0.2) is 4.98 Å². The third kappa shape index (κ3) is 3.15. The van der Waals surface area contributed by atoms with Crippen molar-refractivity contribution in [3.8, 4) is 11.5 Å². The van der Waals surface area contributed by atoms with E-state index in [-0.39, 0.29) is 5.91 Å². The molecule has 3 heterocycles. The highest BCUT2D eigenvalue weighted by Crippen LogP contribution is 2.20. The summed E-state index contributed by atoms with van der Waals surface area (Å²) in [7, 11) is 0. The molecule has 0 aliphatic heterocycles. The molecule has 0 unspecified atom stereocenters. The third-order valence-corrected chi connectivity index (χ3v) is 3.57. The van der Waals surface area contributed by atoms with Crippen molar-refractivity contribution in [3.05, 3.63) is 53.5 Å². The molecule has 0 fully saturated rings. The Labute approximate surface area is 133 Å². The molecule has 0 aromatic carbocycles. The number of hydrogen-bond acceptors (Lipinski definition) is 4. The number of H-pyrrole nitrogens is 1. The van der Waals surface area contributed by atoms with Gasteiger partial charge < -0.3 is 9.73 Å². The molecule has 0 bridgehead atoms. The van der Waals surface area contributed by atoms with Crippen LogP contribution in [0.2, 0.25) is 0 Å². The van der Waals surface area contributed by atoms with E-state index < -0.39 is 0 Å². The van der Waals surface area contributed by atoms with Gasteiger partial charge in [0, 0.05) is 11.8 Å². The van der Waals surface area contributed by atoms with Gasteiger partial charge in [-0.1, -0.05) is 13.8 Å². The first-order valence-corrected chi connectivity index (χ1v) is 7.43. The lowest BCUT2D eigenvalue weighted by atomic mass is 10.1. The van der Waals surface area contributed by atoms with Crippen LogP contribution >= 0.6 is 0 Å². The summed E-state index contributed by atoms with van der Waals surface area (Å²) in [6.07, 6.45) is 1.59. The summed E-state index contributed by atoms with van der Waals surface area (Å²) in [5.41, 5.74) is 2.82. The molecular weight excluding hydrogens is 292 g/mol. The maximum atomic E-state index is 12.4.